The topological polar surface area (TPSA) is 26.3 Å². The summed E-state index contributed by atoms with van der Waals surface area (Å²) in [6.07, 6.45) is 7.60. The molecule has 74 valence electrons. The largest absolute Gasteiger partial charge is 0.469 e. The van der Waals surface area contributed by atoms with Crippen LogP contribution < -0.4 is 0 Å². The van der Waals surface area contributed by atoms with E-state index in [0.29, 0.717) is 5.92 Å². The summed E-state index contributed by atoms with van der Waals surface area (Å²) in [6.45, 7) is 0. The number of carbonyl (C=O) groups is 1. The second-order valence-electron chi connectivity index (χ2n) is 4.50. The highest BCUT2D eigenvalue weighted by atomic mass is 16.5. The van der Waals surface area contributed by atoms with Crippen molar-refractivity contribution in [3.8, 4) is 0 Å². The van der Waals surface area contributed by atoms with Gasteiger partial charge in [-0.05, 0) is 31.1 Å². The Kier molecular flexibility index (Phi) is 2.56. The molecular formula is C11H18O2. The SMILES string of the molecule is COC(=O)[C@H]1CC2CCCC1CC2. The molecule has 0 aromatic rings. The van der Waals surface area contributed by atoms with Crippen LogP contribution in [0.25, 0.3) is 0 Å². The fourth-order valence-electron chi connectivity index (χ4n) is 3.04. The lowest BCUT2D eigenvalue weighted by Crippen LogP contribution is -2.29. The van der Waals surface area contributed by atoms with Crippen molar-refractivity contribution in [2.75, 3.05) is 7.11 Å². The molecule has 3 atom stereocenters. The zero-order valence-corrected chi connectivity index (χ0v) is 8.29. The molecule has 0 aliphatic heterocycles. The van der Waals surface area contributed by atoms with Gasteiger partial charge in [-0.2, -0.15) is 0 Å². The molecule has 0 aromatic heterocycles. The Hall–Kier alpha value is -0.530. The van der Waals surface area contributed by atoms with E-state index < -0.39 is 0 Å². The second-order valence-corrected chi connectivity index (χ2v) is 4.50. The first-order chi connectivity index (χ1) is 6.31. The number of hydrogen-bond donors (Lipinski definition) is 0. The van der Waals surface area contributed by atoms with Crippen LogP contribution in [0.15, 0.2) is 0 Å². The Bertz CT molecular complexity index is 196. The number of esters is 1. The third-order valence-electron chi connectivity index (χ3n) is 3.79. The molecule has 13 heavy (non-hydrogen) atoms. The van der Waals surface area contributed by atoms with Crippen LogP contribution >= 0.6 is 0 Å². The number of rotatable bonds is 1. The van der Waals surface area contributed by atoms with E-state index >= 15 is 0 Å². The van der Waals surface area contributed by atoms with E-state index in [2.05, 4.69) is 0 Å². The maximum absolute atomic E-state index is 11.5. The monoisotopic (exact) mass is 182 g/mol. The normalized spacial score (nSPS) is 38.4. The van der Waals surface area contributed by atoms with Crippen molar-refractivity contribution in [2.24, 2.45) is 17.8 Å². The zero-order chi connectivity index (χ0) is 9.26. The Balaban J connectivity index is 2.08. The van der Waals surface area contributed by atoms with Crippen LogP contribution in [0.4, 0.5) is 0 Å². The molecule has 3 aliphatic carbocycles. The summed E-state index contributed by atoms with van der Waals surface area (Å²) in [6, 6.07) is 0. The lowest BCUT2D eigenvalue weighted by molar-refractivity contribution is -0.149. The predicted molar refractivity (Wildman–Crippen MR) is 50.2 cm³/mol. The average Bonchev–Trinajstić information content (AvgIpc) is 2.50. The minimum absolute atomic E-state index is 0.0385. The number of ether oxygens (including phenoxy) is 1. The van der Waals surface area contributed by atoms with Gasteiger partial charge in [-0.3, -0.25) is 4.79 Å². The highest BCUT2D eigenvalue weighted by Gasteiger charge is 2.37. The van der Waals surface area contributed by atoms with Crippen molar-refractivity contribution in [1.29, 1.82) is 0 Å². The molecule has 0 N–H and O–H groups in total. The van der Waals surface area contributed by atoms with Crippen LogP contribution in [0, 0.1) is 17.8 Å². The Morgan fingerprint density at radius 3 is 2.85 bits per heavy atom. The molecule has 3 rings (SSSR count). The Labute approximate surface area is 79.7 Å². The van der Waals surface area contributed by atoms with Crippen molar-refractivity contribution in [1.82, 2.24) is 0 Å². The molecular weight excluding hydrogens is 164 g/mol. The van der Waals surface area contributed by atoms with Crippen LogP contribution in [0.3, 0.4) is 0 Å². The van der Waals surface area contributed by atoms with Gasteiger partial charge in [0.05, 0.1) is 13.0 Å². The van der Waals surface area contributed by atoms with Gasteiger partial charge in [-0.25, -0.2) is 0 Å². The fraction of sp³-hybridized carbons (Fsp3) is 0.909. The number of methoxy groups -OCH3 is 1. The van der Waals surface area contributed by atoms with Gasteiger partial charge in [0, 0.05) is 0 Å². The summed E-state index contributed by atoms with van der Waals surface area (Å²) in [7, 11) is 1.51. The first kappa shape index (κ1) is 9.04. The highest BCUT2D eigenvalue weighted by Crippen LogP contribution is 2.43. The van der Waals surface area contributed by atoms with Crippen molar-refractivity contribution in [2.45, 2.75) is 38.5 Å². The summed E-state index contributed by atoms with van der Waals surface area (Å²) in [4.78, 5) is 11.5. The molecule has 2 bridgehead atoms. The van der Waals surface area contributed by atoms with Gasteiger partial charge in [-0.15, -0.1) is 0 Å². The highest BCUT2D eigenvalue weighted by molar-refractivity contribution is 5.72. The fourth-order valence-corrected chi connectivity index (χ4v) is 3.04. The van der Waals surface area contributed by atoms with E-state index in [1.165, 1.54) is 39.2 Å². The average molecular weight is 182 g/mol. The molecule has 0 saturated heterocycles. The Morgan fingerprint density at radius 2 is 2.08 bits per heavy atom. The van der Waals surface area contributed by atoms with Crippen LogP contribution in [-0.2, 0) is 9.53 Å². The lowest BCUT2D eigenvalue weighted by Gasteiger charge is -2.30. The van der Waals surface area contributed by atoms with Crippen molar-refractivity contribution in [3.63, 3.8) is 0 Å². The van der Waals surface area contributed by atoms with Gasteiger partial charge < -0.3 is 4.74 Å². The van der Waals surface area contributed by atoms with Crippen LogP contribution in [0.1, 0.15) is 38.5 Å². The number of fused-ring (bicyclic) bond motifs is 4. The third-order valence-corrected chi connectivity index (χ3v) is 3.79. The summed E-state index contributed by atoms with van der Waals surface area (Å²) in [5.41, 5.74) is 0. The lowest BCUT2D eigenvalue weighted by atomic mass is 9.75. The van der Waals surface area contributed by atoms with Crippen LogP contribution in [0.2, 0.25) is 0 Å². The van der Waals surface area contributed by atoms with Crippen molar-refractivity contribution in [3.05, 3.63) is 0 Å². The summed E-state index contributed by atoms with van der Waals surface area (Å²) in [5.74, 6) is 1.71. The standard InChI is InChI=1S/C11H18O2/c1-13-11(12)10-7-8-3-2-4-9(10)6-5-8/h8-10H,2-7H2,1H3/t8?,9?,10-/m0/s1. The number of carbonyl (C=O) groups excluding carboxylic acids is 1. The molecule has 2 heteroatoms. The Morgan fingerprint density at radius 1 is 1.23 bits per heavy atom. The molecule has 0 aromatic carbocycles. The molecule has 0 heterocycles. The predicted octanol–water partition coefficient (Wildman–Crippen LogP) is 2.38. The molecule has 3 aliphatic rings. The van der Waals surface area contributed by atoms with Gasteiger partial charge >= 0.3 is 5.97 Å². The molecule has 0 amide bonds. The maximum Gasteiger partial charge on any atom is 0.308 e. The van der Waals surface area contributed by atoms with Crippen LogP contribution in [0.5, 0.6) is 0 Å². The summed E-state index contributed by atoms with van der Waals surface area (Å²) < 4.78 is 4.86. The second kappa shape index (κ2) is 3.69. The minimum atomic E-state index is 0.0385. The first-order valence-electron chi connectivity index (χ1n) is 5.39. The summed E-state index contributed by atoms with van der Waals surface area (Å²) in [5, 5.41) is 0. The van der Waals surface area contributed by atoms with Gasteiger partial charge in [0.2, 0.25) is 0 Å². The van der Waals surface area contributed by atoms with E-state index in [4.69, 9.17) is 4.74 Å². The molecule has 3 saturated carbocycles. The van der Waals surface area contributed by atoms with Gasteiger partial charge in [0.1, 0.15) is 0 Å². The van der Waals surface area contributed by atoms with E-state index in [1.807, 2.05) is 0 Å². The van der Waals surface area contributed by atoms with Crippen molar-refractivity contribution >= 4 is 5.97 Å². The van der Waals surface area contributed by atoms with Gasteiger partial charge in [-0.1, -0.05) is 19.3 Å². The van der Waals surface area contributed by atoms with Crippen molar-refractivity contribution < 1.29 is 9.53 Å². The smallest absolute Gasteiger partial charge is 0.308 e. The molecule has 3 fully saturated rings. The summed E-state index contributed by atoms with van der Waals surface area (Å²) >= 11 is 0. The first-order valence-corrected chi connectivity index (χ1v) is 5.39. The molecule has 0 radical (unpaired) electrons. The molecule has 2 unspecified atom stereocenters. The molecule has 2 nitrogen and oxygen atoms in total. The maximum atomic E-state index is 11.5. The number of hydrogen-bond acceptors (Lipinski definition) is 2. The zero-order valence-electron chi connectivity index (χ0n) is 8.29. The minimum Gasteiger partial charge on any atom is -0.469 e. The van der Waals surface area contributed by atoms with E-state index in [9.17, 15) is 4.79 Å². The van der Waals surface area contributed by atoms with Gasteiger partial charge in [0.25, 0.3) is 0 Å². The molecule has 0 spiro atoms. The van der Waals surface area contributed by atoms with E-state index in [0.717, 1.165) is 12.3 Å². The third kappa shape index (κ3) is 1.72. The van der Waals surface area contributed by atoms with E-state index in [1.54, 1.807) is 0 Å². The quantitative estimate of drug-likeness (QED) is 0.582. The van der Waals surface area contributed by atoms with Crippen LogP contribution in [-0.4, -0.2) is 13.1 Å². The van der Waals surface area contributed by atoms with E-state index in [-0.39, 0.29) is 11.9 Å². The van der Waals surface area contributed by atoms with Gasteiger partial charge in [0.15, 0.2) is 0 Å².